The number of nitrogens with zero attached hydrogens (tertiary/aromatic N) is 1. The monoisotopic (exact) mass is 296 g/mol. The van der Waals surface area contributed by atoms with Crippen LogP contribution >= 0.6 is 0 Å². The van der Waals surface area contributed by atoms with E-state index in [2.05, 4.69) is 10.2 Å². The van der Waals surface area contributed by atoms with Gasteiger partial charge >= 0.3 is 5.97 Å². The number of likely N-dealkylation sites (N-methyl/N-ethyl adjacent to an activating group) is 1. The fourth-order valence-corrected chi connectivity index (χ4v) is 4.20. The van der Waals surface area contributed by atoms with Crippen LogP contribution in [0.1, 0.15) is 58.3 Å². The third kappa shape index (κ3) is 3.98. The van der Waals surface area contributed by atoms with Gasteiger partial charge < -0.3 is 15.0 Å². The number of methoxy groups -OCH3 is 1. The molecule has 0 amide bonds. The molecule has 1 aliphatic heterocycles. The minimum Gasteiger partial charge on any atom is -0.468 e. The van der Waals surface area contributed by atoms with Gasteiger partial charge in [-0.1, -0.05) is 12.8 Å². The lowest BCUT2D eigenvalue weighted by molar-refractivity contribution is -0.148. The van der Waals surface area contributed by atoms with Crippen molar-refractivity contribution in [1.29, 1.82) is 0 Å². The Kier molecular flexibility index (Phi) is 6.06. The van der Waals surface area contributed by atoms with Crippen LogP contribution in [0.2, 0.25) is 0 Å². The van der Waals surface area contributed by atoms with Crippen molar-refractivity contribution in [3.8, 4) is 0 Å². The van der Waals surface area contributed by atoms with Crippen molar-refractivity contribution in [3.05, 3.63) is 0 Å². The highest BCUT2D eigenvalue weighted by atomic mass is 16.5. The molecule has 2 rings (SSSR count). The number of carbonyl (C=O) groups is 1. The third-order valence-electron chi connectivity index (χ3n) is 5.67. The molecule has 4 heteroatoms. The van der Waals surface area contributed by atoms with E-state index in [9.17, 15) is 4.79 Å². The summed E-state index contributed by atoms with van der Waals surface area (Å²) in [5.41, 5.74) is -0.544. The molecule has 2 fully saturated rings. The van der Waals surface area contributed by atoms with Gasteiger partial charge in [-0.25, -0.2) is 0 Å². The van der Waals surface area contributed by atoms with E-state index in [1.165, 1.54) is 52.2 Å². The van der Waals surface area contributed by atoms with Crippen LogP contribution in [-0.4, -0.2) is 49.7 Å². The molecule has 0 aromatic carbocycles. The second kappa shape index (κ2) is 7.59. The summed E-state index contributed by atoms with van der Waals surface area (Å²) in [5.74, 6) is 0.780. The Balaban J connectivity index is 1.80. The largest absolute Gasteiger partial charge is 0.468 e. The van der Waals surface area contributed by atoms with Gasteiger partial charge in [0.2, 0.25) is 0 Å². The first-order valence-corrected chi connectivity index (χ1v) is 8.62. The third-order valence-corrected chi connectivity index (χ3v) is 5.67. The maximum Gasteiger partial charge on any atom is 0.325 e. The van der Waals surface area contributed by atoms with Crippen LogP contribution in [0.3, 0.4) is 0 Å². The summed E-state index contributed by atoms with van der Waals surface area (Å²) in [4.78, 5) is 14.6. The van der Waals surface area contributed by atoms with Gasteiger partial charge in [0.1, 0.15) is 5.54 Å². The van der Waals surface area contributed by atoms with Crippen LogP contribution in [-0.2, 0) is 9.53 Å². The molecule has 4 nitrogen and oxygen atoms in total. The topological polar surface area (TPSA) is 41.6 Å². The van der Waals surface area contributed by atoms with Crippen LogP contribution in [0, 0.1) is 5.92 Å². The number of ether oxygens (including phenoxy) is 1. The molecule has 122 valence electrons. The molecule has 1 heterocycles. The van der Waals surface area contributed by atoms with Crippen LogP contribution in [0.5, 0.6) is 0 Å². The first-order valence-electron chi connectivity index (χ1n) is 8.62. The first kappa shape index (κ1) is 16.8. The van der Waals surface area contributed by atoms with Crippen molar-refractivity contribution in [2.24, 2.45) is 5.92 Å². The van der Waals surface area contributed by atoms with E-state index in [4.69, 9.17) is 4.74 Å². The van der Waals surface area contributed by atoms with Crippen LogP contribution < -0.4 is 5.32 Å². The first-order chi connectivity index (χ1) is 10.1. The molecule has 1 N–H and O–H groups in total. The highest BCUT2D eigenvalue weighted by molar-refractivity contribution is 5.80. The number of hydrogen-bond donors (Lipinski definition) is 1. The molecular formula is C17H32N2O2. The van der Waals surface area contributed by atoms with Gasteiger partial charge in [-0.15, -0.1) is 0 Å². The van der Waals surface area contributed by atoms with E-state index in [-0.39, 0.29) is 5.97 Å². The number of nitrogens with one attached hydrogen (secondary N) is 1. The standard InChI is InChI=1S/C17H32N2O2/c1-17(18-2,16(20)21-3)11-7-13-19-12-6-10-15(19)14-8-4-5-9-14/h14-15,18H,4-13H2,1-3H3. The molecule has 0 radical (unpaired) electrons. The Morgan fingerprint density at radius 1 is 1.29 bits per heavy atom. The predicted octanol–water partition coefficient (Wildman–Crippen LogP) is 2.57. The van der Waals surface area contributed by atoms with Gasteiger partial charge in [-0.05, 0) is 71.5 Å². The maximum atomic E-state index is 11.9. The quantitative estimate of drug-likeness (QED) is 0.733. The molecule has 2 unspecified atom stereocenters. The summed E-state index contributed by atoms with van der Waals surface area (Å²) in [6.07, 6.45) is 10.3. The van der Waals surface area contributed by atoms with E-state index in [0.29, 0.717) is 0 Å². The van der Waals surface area contributed by atoms with Gasteiger partial charge in [0.15, 0.2) is 0 Å². The van der Waals surface area contributed by atoms with E-state index >= 15 is 0 Å². The Hall–Kier alpha value is -0.610. The molecule has 0 aromatic heterocycles. The summed E-state index contributed by atoms with van der Waals surface area (Å²) in [6, 6.07) is 0.812. The average molecular weight is 296 g/mol. The zero-order valence-corrected chi connectivity index (χ0v) is 14.0. The van der Waals surface area contributed by atoms with Crippen LogP contribution in [0.4, 0.5) is 0 Å². The zero-order chi connectivity index (χ0) is 15.3. The summed E-state index contributed by atoms with van der Waals surface area (Å²) in [5, 5.41) is 3.13. The SMILES string of the molecule is CNC(C)(CCCN1CCCC1C1CCCC1)C(=O)OC. The fraction of sp³-hybridized carbons (Fsp3) is 0.941. The Labute approximate surface area is 129 Å². The minimum absolute atomic E-state index is 0.154. The minimum atomic E-state index is -0.544. The molecule has 0 spiro atoms. The van der Waals surface area contributed by atoms with Gasteiger partial charge in [0.05, 0.1) is 7.11 Å². The van der Waals surface area contributed by atoms with Crippen molar-refractivity contribution in [3.63, 3.8) is 0 Å². The Morgan fingerprint density at radius 3 is 2.62 bits per heavy atom. The second-order valence-corrected chi connectivity index (χ2v) is 6.97. The lowest BCUT2D eigenvalue weighted by atomic mass is 9.94. The smallest absolute Gasteiger partial charge is 0.325 e. The molecule has 2 atom stereocenters. The summed E-state index contributed by atoms with van der Waals surface area (Å²) < 4.78 is 4.92. The van der Waals surface area contributed by atoms with Crippen molar-refractivity contribution >= 4 is 5.97 Å². The van der Waals surface area contributed by atoms with Gasteiger partial charge in [-0.2, -0.15) is 0 Å². The van der Waals surface area contributed by atoms with E-state index in [1.54, 1.807) is 0 Å². The van der Waals surface area contributed by atoms with Crippen molar-refractivity contribution in [2.75, 3.05) is 27.2 Å². The molecule has 0 bridgehead atoms. The lowest BCUT2D eigenvalue weighted by Gasteiger charge is -2.31. The fourth-order valence-electron chi connectivity index (χ4n) is 4.20. The van der Waals surface area contributed by atoms with Crippen molar-refractivity contribution < 1.29 is 9.53 Å². The normalized spacial score (nSPS) is 26.9. The van der Waals surface area contributed by atoms with Gasteiger partial charge in [0.25, 0.3) is 0 Å². The van der Waals surface area contributed by atoms with Crippen molar-refractivity contribution in [2.45, 2.75) is 69.9 Å². The molecule has 0 aromatic rings. The summed E-state index contributed by atoms with van der Waals surface area (Å²) in [6.45, 7) is 4.31. The number of rotatable bonds is 7. The predicted molar refractivity (Wildman–Crippen MR) is 85.3 cm³/mol. The zero-order valence-electron chi connectivity index (χ0n) is 14.0. The number of hydrogen-bond acceptors (Lipinski definition) is 4. The second-order valence-electron chi connectivity index (χ2n) is 6.97. The van der Waals surface area contributed by atoms with Crippen LogP contribution in [0.15, 0.2) is 0 Å². The highest BCUT2D eigenvalue weighted by Gasteiger charge is 2.35. The molecule has 1 saturated heterocycles. The number of esters is 1. The van der Waals surface area contributed by atoms with E-state index in [0.717, 1.165) is 31.3 Å². The highest BCUT2D eigenvalue weighted by Crippen LogP contribution is 2.35. The maximum absolute atomic E-state index is 11.9. The molecular weight excluding hydrogens is 264 g/mol. The molecule has 21 heavy (non-hydrogen) atoms. The summed E-state index contributed by atoms with van der Waals surface area (Å²) in [7, 11) is 3.31. The Bertz CT molecular complexity index is 342. The molecule has 2 aliphatic rings. The molecule has 1 aliphatic carbocycles. The van der Waals surface area contributed by atoms with Crippen molar-refractivity contribution in [1.82, 2.24) is 10.2 Å². The average Bonchev–Trinajstić information content (AvgIpc) is 3.16. The van der Waals surface area contributed by atoms with E-state index < -0.39 is 5.54 Å². The Morgan fingerprint density at radius 2 is 2.00 bits per heavy atom. The van der Waals surface area contributed by atoms with Gasteiger partial charge in [-0.3, -0.25) is 4.79 Å². The van der Waals surface area contributed by atoms with Gasteiger partial charge in [0, 0.05) is 6.04 Å². The number of carbonyl (C=O) groups excluding carboxylic acids is 1. The van der Waals surface area contributed by atoms with Crippen LogP contribution in [0.25, 0.3) is 0 Å². The summed E-state index contributed by atoms with van der Waals surface area (Å²) >= 11 is 0. The lowest BCUT2D eigenvalue weighted by Crippen LogP contribution is -2.48. The van der Waals surface area contributed by atoms with E-state index in [1.807, 2.05) is 14.0 Å². The number of likely N-dealkylation sites (tertiary alicyclic amines) is 1. The molecule has 1 saturated carbocycles.